The quantitative estimate of drug-likeness (QED) is 0.890. The third kappa shape index (κ3) is 3.15. The van der Waals surface area contributed by atoms with E-state index in [1.807, 2.05) is 18.5 Å². The number of nitrogens with zero attached hydrogens (tertiary/aromatic N) is 3. The number of likely N-dealkylation sites (tertiary alicyclic amines) is 1. The standard InChI is InChI=1S/C16H26N4O2/c1-5-14-12(6-18-20(14)7-10(2)3)16(22)19-8-11(4)13(9-19)15(17)21/h6,10-11,13H,5,7-9H2,1-4H3,(H2,17,21)/t11-,13-/m1/s1. The van der Waals surface area contributed by atoms with E-state index < -0.39 is 0 Å². The van der Waals surface area contributed by atoms with Gasteiger partial charge in [0.05, 0.1) is 23.4 Å². The topological polar surface area (TPSA) is 81.2 Å². The fourth-order valence-corrected chi connectivity index (χ4v) is 3.14. The average Bonchev–Trinajstić information content (AvgIpc) is 3.00. The summed E-state index contributed by atoms with van der Waals surface area (Å²) in [4.78, 5) is 25.9. The maximum Gasteiger partial charge on any atom is 0.257 e. The molecular weight excluding hydrogens is 280 g/mol. The van der Waals surface area contributed by atoms with Crippen LogP contribution in [0.15, 0.2) is 6.20 Å². The highest BCUT2D eigenvalue weighted by Gasteiger charge is 2.37. The number of nitrogens with two attached hydrogens (primary N) is 1. The molecule has 0 aliphatic carbocycles. The number of rotatable bonds is 5. The summed E-state index contributed by atoms with van der Waals surface area (Å²) in [5.41, 5.74) is 7.03. The van der Waals surface area contributed by atoms with Crippen molar-refractivity contribution in [1.29, 1.82) is 0 Å². The van der Waals surface area contributed by atoms with Gasteiger partial charge in [-0.15, -0.1) is 0 Å². The van der Waals surface area contributed by atoms with Gasteiger partial charge in [-0.05, 0) is 18.3 Å². The van der Waals surface area contributed by atoms with Gasteiger partial charge in [0.1, 0.15) is 0 Å². The lowest BCUT2D eigenvalue weighted by atomic mass is 9.98. The van der Waals surface area contributed by atoms with Crippen molar-refractivity contribution in [3.63, 3.8) is 0 Å². The summed E-state index contributed by atoms with van der Waals surface area (Å²) in [6.45, 7) is 10.0. The zero-order valence-electron chi connectivity index (χ0n) is 13.9. The summed E-state index contributed by atoms with van der Waals surface area (Å²) >= 11 is 0. The van der Waals surface area contributed by atoms with Crippen molar-refractivity contribution in [2.24, 2.45) is 23.5 Å². The molecule has 2 N–H and O–H groups in total. The normalized spacial score (nSPS) is 21.6. The van der Waals surface area contributed by atoms with Crippen LogP contribution in [0.3, 0.4) is 0 Å². The monoisotopic (exact) mass is 306 g/mol. The van der Waals surface area contributed by atoms with E-state index in [-0.39, 0.29) is 23.7 Å². The van der Waals surface area contributed by atoms with Crippen LogP contribution in [0.25, 0.3) is 0 Å². The number of aromatic nitrogens is 2. The van der Waals surface area contributed by atoms with Gasteiger partial charge in [0, 0.05) is 19.6 Å². The molecule has 1 aliphatic rings. The van der Waals surface area contributed by atoms with Crippen LogP contribution in [0.4, 0.5) is 0 Å². The van der Waals surface area contributed by atoms with Crippen LogP contribution in [0.5, 0.6) is 0 Å². The van der Waals surface area contributed by atoms with E-state index in [9.17, 15) is 9.59 Å². The lowest BCUT2D eigenvalue weighted by Crippen LogP contribution is -2.32. The third-order valence-electron chi connectivity index (χ3n) is 4.32. The third-order valence-corrected chi connectivity index (χ3v) is 4.32. The lowest BCUT2D eigenvalue weighted by molar-refractivity contribution is -0.122. The van der Waals surface area contributed by atoms with E-state index in [4.69, 9.17) is 5.73 Å². The van der Waals surface area contributed by atoms with E-state index >= 15 is 0 Å². The Morgan fingerprint density at radius 1 is 1.41 bits per heavy atom. The Hall–Kier alpha value is -1.85. The van der Waals surface area contributed by atoms with Crippen molar-refractivity contribution < 1.29 is 9.59 Å². The summed E-state index contributed by atoms with van der Waals surface area (Å²) in [6, 6.07) is 0. The zero-order valence-corrected chi connectivity index (χ0v) is 13.9. The maximum atomic E-state index is 12.8. The second-order valence-electron chi connectivity index (χ2n) is 6.63. The number of carbonyl (C=O) groups is 2. The Kier molecular flexibility index (Phi) is 4.88. The second kappa shape index (κ2) is 6.50. The van der Waals surface area contributed by atoms with Crippen molar-refractivity contribution in [3.05, 3.63) is 17.5 Å². The SMILES string of the molecule is CCc1c(C(=O)N2C[C@@H](C)[C@H](C(N)=O)C2)cnn1CC(C)C. The van der Waals surface area contributed by atoms with Gasteiger partial charge >= 0.3 is 0 Å². The minimum atomic E-state index is -0.325. The molecule has 0 spiro atoms. The van der Waals surface area contributed by atoms with Crippen molar-refractivity contribution in [1.82, 2.24) is 14.7 Å². The van der Waals surface area contributed by atoms with Gasteiger partial charge in [0.15, 0.2) is 0 Å². The van der Waals surface area contributed by atoms with Gasteiger partial charge in [-0.25, -0.2) is 0 Å². The van der Waals surface area contributed by atoms with Gasteiger partial charge in [-0.2, -0.15) is 5.10 Å². The highest BCUT2D eigenvalue weighted by atomic mass is 16.2. The van der Waals surface area contributed by atoms with Crippen LogP contribution >= 0.6 is 0 Å². The van der Waals surface area contributed by atoms with Crippen molar-refractivity contribution in [2.45, 2.75) is 40.7 Å². The van der Waals surface area contributed by atoms with Crippen LogP contribution < -0.4 is 5.73 Å². The molecule has 6 heteroatoms. The van der Waals surface area contributed by atoms with Gasteiger partial charge < -0.3 is 10.6 Å². The molecular formula is C16H26N4O2. The molecule has 2 atom stereocenters. The maximum absolute atomic E-state index is 12.8. The summed E-state index contributed by atoms with van der Waals surface area (Å²) in [5, 5.41) is 4.37. The highest BCUT2D eigenvalue weighted by Crippen LogP contribution is 2.25. The number of primary amides is 1. The van der Waals surface area contributed by atoms with Crippen molar-refractivity contribution in [2.75, 3.05) is 13.1 Å². The smallest absolute Gasteiger partial charge is 0.257 e. The summed E-state index contributed by atoms with van der Waals surface area (Å²) in [5.74, 6) is -0.0346. The Morgan fingerprint density at radius 2 is 2.09 bits per heavy atom. The average molecular weight is 306 g/mol. The Morgan fingerprint density at radius 3 is 2.59 bits per heavy atom. The molecule has 2 amide bonds. The minimum Gasteiger partial charge on any atom is -0.369 e. The number of amides is 2. The first kappa shape index (κ1) is 16.5. The van der Waals surface area contributed by atoms with Gasteiger partial charge in [0.2, 0.25) is 5.91 Å². The van der Waals surface area contributed by atoms with E-state index in [1.54, 1.807) is 11.1 Å². The summed E-state index contributed by atoms with van der Waals surface area (Å²) < 4.78 is 1.92. The zero-order chi connectivity index (χ0) is 16.4. The molecule has 2 heterocycles. The number of hydrogen-bond donors (Lipinski definition) is 1. The molecule has 1 saturated heterocycles. The van der Waals surface area contributed by atoms with Crippen molar-refractivity contribution >= 4 is 11.8 Å². The largest absolute Gasteiger partial charge is 0.369 e. The highest BCUT2D eigenvalue weighted by molar-refractivity contribution is 5.96. The minimum absolute atomic E-state index is 0.0394. The first-order valence-electron chi connectivity index (χ1n) is 7.98. The molecule has 0 radical (unpaired) electrons. The summed E-state index contributed by atoms with van der Waals surface area (Å²) in [7, 11) is 0. The van der Waals surface area contributed by atoms with Crippen LogP contribution in [-0.2, 0) is 17.8 Å². The van der Waals surface area contributed by atoms with E-state index in [0.717, 1.165) is 18.7 Å². The summed E-state index contributed by atoms with van der Waals surface area (Å²) in [6.07, 6.45) is 2.42. The number of carbonyl (C=O) groups excluding carboxylic acids is 2. The van der Waals surface area contributed by atoms with E-state index in [2.05, 4.69) is 18.9 Å². The lowest BCUT2D eigenvalue weighted by Gasteiger charge is -2.16. The van der Waals surface area contributed by atoms with Gasteiger partial charge in [0.25, 0.3) is 5.91 Å². The molecule has 2 rings (SSSR count). The van der Waals surface area contributed by atoms with E-state index in [1.165, 1.54) is 0 Å². The molecule has 1 fully saturated rings. The van der Waals surface area contributed by atoms with Crippen LogP contribution in [-0.4, -0.2) is 39.6 Å². The molecule has 1 aromatic heterocycles. The molecule has 6 nitrogen and oxygen atoms in total. The van der Waals surface area contributed by atoms with E-state index in [0.29, 0.717) is 24.6 Å². The molecule has 0 aromatic carbocycles. The fourth-order valence-electron chi connectivity index (χ4n) is 3.14. The first-order chi connectivity index (χ1) is 10.3. The van der Waals surface area contributed by atoms with Crippen LogP contribution in [0.1, 0.15) is 43.7 Å². The van der Waals surface area contributed by atoms with Crippen LogP contribution in [0, 0.1) is 17.8 Å². The predicted molar refractivity (Wildman–Crippen MR) is 84.2 cm³/mol. The van der Waals surface area contributed by atoms with Crippen molar-refractivity contribution in [3.8, 4) is 0 Å². The number of hydrogen-bond acceptors (Lipinski definition) is 3. The predicted octanol–water partition coefficient (Wildman–Crippen LogP) is 1.29. The molecule has 0 unspecified atom stereocenters. The molecule has 122 valence electrons. The Labute approximate surface area is 131 Å². The van der Waals surface area contributed by atoms with Gasteiger partial charge in [-0.3, -0.25) is 14.3 Å². The Balaban J connectivity index is 2.20. The molecule has 1 aromatic rings. The van der Waals surface area contributed by atoms with Gasteiger partial charge in [-0.1, -0.05) is 27.7 Å². The molecule has 0 bridgehead atoms. The van der Waals surface area contributed by atoms with Crippen LogP contribution in [0.2, 0.25) is 0 Å². The molecule has 0 saturated carbocycles. The first-order valence-corrected chi connectivity index (χ1v) is 7.98. The molecule has 1 aliphatic heterocycles. The second-order valence-corrected chi connectivity index (χ2v) is 6.63. The fraction of sp³-hybridized carbons (Fsp3) is 0.688. The Bertz CT molecular complexity index is 564. The molecule has 22 heavy (non-hydrogen) atoms.